The maximum absolute atomic E-state index is 13.3. The molecule has 10 unspecified atom stereocenters. The van der Waals surface area contributed by atoms with Crippen LogP contribution in [0.2, 0.25) is 0 Å². The molecule has 6 aliphatic rings. The molecular weight excluding hydrogens is 465 g/mol. The Hall–Kier alpha value is -0.890. The number of hydrogen-bond donors (Lipinski definition) is 1. The minimum Gasteiger partial charge on any atom is -0.325 e. The van der Waals surface area contributed by atoms with Gasteiger partial charge in [-0.05, 0) is 152 Å². The van der Waals surface area contributed by atoms with E-state index in [1.165, 1.54) is 63.4 Å². The predicted molar refractivity (Wildman–Crippen MR) is 158 cm³/mol. The molecule has 6 rings (SSSR count). The van der Waals surface area contributed by atoms with Crippen molar-refractivity contribution in [3.63, 3.8) is 0 Å². The van der Waals surface area contributed by atoms with Crippen LogP contribution in [0.25, 0.3) is 0 Å². The van der Waals surface area contributed by atoms with Crippen LogP contribution in [-0.2, 0) is 0 Å². The smallest absolute Gasteiger partial charge is 0.0925 e. The molecule has 0 aromatic rings. The second-order valence-electron chi connectivity index (χ2n) is 16.5. The first kappa shape index (κ1) is 27.3. The Kier molecular flexibility index (Phi) is 6.32. The van der Waals surface area contributed by atoms with Gasteiger partial charge in [0, 0.05) is 5.54 Å². The summed E-state index contributed by atoms with van der Waals surface area (Å²) >= 11 is 0. The first-order valence-corrected chi connectivity index (χ1v) is 16.2. The highest BCUT2D eigenvalue weighted by atomic mass is 19.1. The molecule has 0 aromatic carbocycles. The SMILES string of the molecule is C=C(C)C1CCC2(N)CCC3(C)C(CCC4C5(C)CC=C(C6=CCC(CF)CC6)C(C)(C)C5CCC43C)C12. The van der Waals surface area contributed by atoms with Gasteiger partial charge >= 0.3 is 0 Å². The van der Waals surface area contributed by atoms with E-state index in [0.717, 1.165) is 37.0 Å². The van der Waals surface area contributed by atoms with Gasteiger partial charge < -0.3 is 5.73 Å². The molecule has 6 aliphatic carbocycles. The van der Waals surface area contributed by atoms with Crippen molar-refractivity contribution < 1.29 is 4.39 Å². The molecule has 0 aliphatic heterocycles. The quantitative estimate of drug-likeness (QED) is 0.368. The minimum absolute atomic E-state index is 0.0391. The molecule has 0 aromatic heterocycles. The maximum Gasteiger partial charge on any atom is 0.0925 e. The van der Waals surface area contributed by atoms with Gasteiger partial charge in [0.2, 0.25) is 0 Å². The predicted octanol–water partition coefficient (Wildman–Crippen LogP) is 9.59. The molecule has 0 saturated heterocycles. The van der Waals surface area contributed by atoms with Crippen molar-refractivity contribution in [2.75, 3.05) is 6.67 Å². The number of halogens is 1. The van der Waals surface area contributed by atoms with E-state index in [-0.39, 0.29) is 23.5 Å². The molecule has 1 nitrogen and oxygen atoms in total. The lowest BCUT2D eigenvalue weighted by molar-refractivity contribution is -0.219. The van der Waals surface area contributed by atoms with Gasteiger partial charge in [-0.1, -0.05) is 58.9 Å². The molecule has 0 bridgehead atoms. The highest BCUT2D eigenvalue weighted by molar-refractivity contribution is 5.41. The summed E-state index contributed by atoms with van der Waals surface area (Å²) in [5.74, 6) is 3.73. The molecule has 2 N–H and O–H groups in total. The summed E-state index contributed by atoms with van der Waals surface area (Å²) in [6.07, 6.45) is 19.7. The standard InChI is InChI=1S/C36H56FN/c1-23(2)26-14-19-36(38)21-20-34(6)28(31(26)36)12-13-30-33(5)17-15-27(25-10-8-24(22-37)9-11-25)32(3,4)29(33)16-18-35(30,34)7/h10,15,24,26,28-31H,1,8-9,11-14,16-22,38H2,2-7H3. The van der Waals surface area contributed by atoms with Crippen LogP contribution in [0.15, 0.2) is 35.5 Å². The lowest BCUT2D eigenvalue weighted by Gasteiger charge is -2.72. The van der Waals surface area contributed by atoms with Crippen molar-refractivity contribution in [1.82, 2.24) is 0 Å². The first-order chi connectivity index (χ1) is 17.8. The van der Waals surface area contributed by atoms with Crippen LogP contribution in [0.1, 0.15) is 119 Å². The summed E-state index contributed by atoms with van der Waals surface area (Å²) in [7, 11) is 0. The highest BCUT2D eigenvalue weighted by Gasteiger charge is 2.70. The van der Waals surface area contributed by atoms with E-state index in [1.54, 1.807) is 11.1 Å². The number of fused-ring (bicyclic) bond motifs is 7. The minimum atomic E-state index is -0.161. The van der Waals surface area contributed by atoms with Gasteiger partial charge in [-0.2, -0.15) is 0 Å². The summed E-state index contributed by atoms with van der Waals surface area (Å²) < 4.78 is 13.3. The number of nitrogens with two attached hydrogens (primary N) is 1. The molecule has 0 heterocycles. The molecule has 10 atom stereocenters. The van der Waals surface area contributed by atoms with Gasteiger partial charge in [-0.15, -0.1) is 0 Å². The van der Waals surface area contributed by atoms with E-state index in [1.807, 2.05) is 0 Å². The van der Waals surface area contributed by atoms with E-state index >= 15 is 0 Å². The molecule has 0 radical (unpaired) electrons. The van der Waals surface area contributed by atoms with Crippen molar-refractivity contribution in [3.8, 4) is 0 Å². The number of rotatable bonds is 3. The Morgan fingerprint density at radius 3 is 2.34 bits per heavy atom. The fraction of sp³-hybridized carbons (Fsp3) is 0.833. The average Bonchev–Trinajstić information content (AvgIpc) is 3.22. The van der Waals surface area contributed by atoms with E-state index in [9.17, 15) is 4.39 Å². The summed E-state index contributed by atoms with van der Waals surface area (Å²) in [5.41, 5.74) is 13.1. The lowest BCUT2D eigenvalue weighted by atomic mass is 9.33. The van der Waals surface area contributed by atoms with Crippen LogP contribution >= 0.6 is 0 Å². The van der Waals surface area contributed by atoms with E-state index < -0.39 is 0 Å². The molecule has 38 heavy (non-hydrogen) atoms. The third-order valence-electron chi connectivity index (χ3n) is 14.8. The Morgan fingerprint density at radius 2 is 1.68 bits per heavy atom. The third kappa shape index (κ3) is 3.50. The zero-order valence-corrected chi connectivity index (χ0v) is 25.5. The summed E-state index contributed by atoms with van der Waals surface area (Å²) in [5, 5.41) is 0. The molecule has 4 saturated carbocycles. The van der Waals surface area contributed by atoms with E-state index in [2.05, 4.69) is 60.3 Å². The van der Waals surface area contributed by atoms with E-state index in [4.69, 9.17) is 5.73 Å². The van der Waals surface area contributed by atoms with E-state index in [0.29, 0.717) is 28.1 Å². The van der Waals surface area contributed by atoms with Crippen LogP contribution in [-0.4, -0.2) is 12.2 Å². The summed E-state index contributed by atoms with van der Waals surface area (Å²) in [6.45, 7) is 19.8. The van der Waals surface area contributed by atoms with Crippen LogP contribution in [0.5, 0.6) is 0 Å². The molecule has 212 valence electrons. The van der Waals surface area contributed by atoms with Gasteiger partial charge in [-0.3, -0.25) is 4.39 Å². The lowest BCUT2D eigenvalue weighted by Crippen LogP contribution is -2.67. The average molecular weight is 522 g/mol. The molecular formula is C36H56FN. The second-order valence-corrected chi connectivity index (χ2v) is 16.5. The van der Waals surface area contributed by atoms with Crippen LogP contribution in [0, 0.1) is 57.2 Å². The maximum atomic E-state index is 13.3. The Bertz CT molecular complexity index is 1050. The Balaban J connectivity index is 1.34. The Labute approximate surface area is 233 Å². The van der Waals surface area contributed by atoms with Gasteiger partial charge in [-0.25, -0.2) is 0 Å². The van der Waals surface area contributed by atoms with Crippen molar-refractivity contribution >= 4 is 0 Å². The number of alkyl halides is 1. The number of allylic oxidation sites excluding steroid dienone is 5. The largest absolute Gasteiger partial charge is 0.325 e. The monoisotopic (exact) mass is 521 g/mol. The van der Waals surface area contributed by atoms with Crippen LogP contribution in [0.3, 0.4) is 0 Å². The summed E-state index contributed by atoms with van der Waals surface area (Å²) in [6, 6.07) is 0. The van der Waals surface area contributed by atoms with Gasteiger partial charge in [0.05, 0.1) is 6.67 Å². The van der Waals surface area contributed by atoms with Crippen molar-refractivity contribution in [2.45, 2.75) is 124 Å². The van der Waals surface area contributed by atoms with Gasteiger partial charge in [0.1, 0.15) is 0 Å². The fourth-order valence-corrected chi connectivity index (χ4v) is 12.6. The zero-order valence-electron chi connectivity index (χ0n) is 25.5. The second kappa shape index (κ2) is 8.80. The zero-order chi connectivity index (χ0) is 27.3. The Morgan fingerprint density at radius 1 is 0.921 bits per heavy atom. The van der Waals surface area contributed by atoms with Crippen molar-refractivity contribution in [2.24, 2.45) is 62.9 Å². The van der Waals surface area contributed by atoms with Crippen LogP contribution < -0.4 is 5.73 Å². The summed E-state index contributed by atoms with van der Waals surface area (Å²) in [4.78, 5) is 0. The third-order valence-corrected chi connectivity index (χ3v) is 14.8. The first-order valence-electron chi connectivity index (χ1n) is 16.2. The highest BCUT2D eigenvalue weighted by Crippen LogP contribution is 2.76. The van der Waals surface area contributed by atoms with Crippen molar-refractivity contribution in [3.05, 3.63) is 35.5 Å². The molecule has 4 fully saturated rings. The van der Waals surface area contributed by atoms with Gasteiger partial charge in [0.15, 0.2) is 0 Å². The van der Waals surface area contributed by atoms with Crippen molar-refractivity contribution in [1.29, 1.82) is 0 Å². The molecule has 0 spiro atoms. The van der Waals surface area contributed by atoms with Gasteiger partial charge in [0.25, 0.3) is 0 Å². The fourth-order valence-electron chi connectivity index (χ4n) is 12.6. The number of hydrogen-bond acceptors (Lipinski definition) is 1. The molecule has 0 amide bonds. The molecule has 2 heteroatoms. The topological polar surface area (TPSA) is 26.0 Å². The normalized spacial score (nSPS) is 51.6. The van der Waals surface area contributed by atoms with Crippen LogP contribution in [0.4, 0.5) is 4.39 Å².